The van der Waals surface area contributed by atoms with Gasteiger partial charge in [0.05, 0.1) is 0 Å². The van der Waals surface area contributed by atoms with Crippen LogP contribution in [0.1, 0.15) is 6.92 Å². The van der Waals surface area contributed by atoms with Gasteiger partial charge in [0.2, 0.25) is 5.96 Å². The molecule has 1 rings (SSSR count). The van der Waals surface area contributed by atoms with Gasteiger partial charge in [-0.25, -0.2) is 5.84 Å². The highest BCUT2D eigenvalue weighted by atomic mass is 15.4. The number of nitrogens with two attached hydrogens (primary N) is 1. The van der Waals surface area contributed by atoms with Crippen LogP contribution in [0, 0.1) is 0 Å². The molecule has 1 heterocycles. The van der Waals surface area contributed by atoms with E-state index in [-0.39, 0.29) is 0 Å². The summed E-state index contributed by atoms with van der Waals surface area (Å²) in [5.74, 6) is 6.20. The quantitative estimate of drug-likeness (QED) is 0.240. The molecule has 5 heteroatoms. The second-order valence-corrected chi connectivity index (χ2v) is 3.23. The number of nitrogens with one attached hydrogen (secondary N) is 1. The standard InChI is InChI=1S/C8H19N5/c1-3-10-8(11-9)13-6-4-12(2)5-7-13/h3-7,9H2,1-2H3,(H,10,11). The van der Waals surface area contributed by atoms with Crippen LogP contribution in [0.4, 0.5) is 0 Å². The molecule has 0 atom stereocenters. The summed E-state index contributed by atoms with van der Waals surface area (Å²) in [6.45, 7) is 6.92. The van der Waals surface area contributed by atoms with Gasteiger partial charge in [-0.2, -0.15) is 0 Å². The second kappa shape index (κ2) is 5.04. The van der Waals surface area contributed by atoms with Gasteiger partial charge in [0.15, 0.2) is 0 Å². The molecule has 0 unspecified atom stereocenters. The Morgan fingerprint density at radius 1 is 1.38 bits per heavy atom. The first-order valence-corrected chi connectivity index (χ1v) is 4.72. The number of hydrazine groups is 1. The number of aliphatic imine (C=N–C) groups is 1. The Morgan fingerprint density at radius 2 is 2.00 bits per heavy atom. The Balaban J connectivity index is 2.46. The first-order valence-electron chi connectivity index (χ1n) is 4.72. The van der Waals surface area contributed by atoms with Crippen molar-refractivity contribution < 1.29 is 0 Å². The molecule has 3 N–H and O–H groups in total. The van der Waals surface area contributed by atoms with E-state index < -0.39 is 0 Å². The summed E-state index contributed by atoms with van der Waals surface area (Å²) in [7, 11) is 2.13. The molecule has 0 aromatic carbocycles. The van der Waals surface area contributed by atoms with Crippen LogP contribution in [-0.4, -0.2) is 55.5 Å². The highest BCUT2D eigenvalue weighted by Crippen LogP contribution is 1.98. The first-order chi connectivity index (χ1) is 6.27. The van der Waals surface area contributed by atoms with Crippen molar-refractivity contribution in [1.29, 1.82) is 0 Å². The van der Waals surface area contributed by atoms with Gasteiger partial charge in [-0.15, -0.1) is 0 Å². The van der Waals surface area contributed by atoms with Crippen molar-refractivity contribution in [2.45, 2.75) is 6.92 Å². The molecule has 0 aliphatic carbocycles. The van der Waals surface area contributed by atoms with Crippen LogP contribution in [0.2, 0.25) is 0 Å². The maximum Gasteiger partial charge on any atom is 0.208 e. The largest absolute Gasteiger partial charge is 0.339 e. The molecular formula is C8H19N5. The zero-order chi connectivity index (χ0) is 9.68. The molecule has 76 valence electrons. The third-order valence-corrected chi connectivity index (χ3v) is 2.24. The molecule has 1 fully saturated rings. The van der Waals surface area contributed by atoms with Gasteiger partial charge in [0.25, 0.3) is 0 Å². The Labute approximate surface area is 79.6 Å². The minimum Gasteiger partial charge on any atom is -0.339 e. The van der Waals surface area contributed by atoms with E-state index in [1.165, 1.54) is 0 Å². The number of hydrogen-bond acceptors (Lipinski definition) is 3. The number of nitrogens with zero attached hydrogens (tertiary/aromatic N) is 3. The molecule has 0 bridgehead atoms. The topological polar surface area (TPSA) is 56.9 Å². The van der Waals surface area contributed by atoms with Gasteiger partial charge in [0.1, 0.15) is 0 Å². The molecule has 0 amide bonds. The summed E-state index contributed by atoms with van der Waals surface area (Å²) in [5.41, 5.74) is 2.64. The summed E-state index contributed by atoms with van der Waals surface area (Å²) < 4.78 is 0. The average Bonchev–Trinajstić information content (AvgIpc) is 2.16. The maximum absolute atomic E-state index is 5.39. The zero-order valence-corrected chi connectivity index (χ0v) is 8.45. The Bertz CT molecular complexity index is 171. The molecule has 0 aromatic heterocycles. The van der Waals surface area contributed by atoms with Crippen molar-refractivity contribution in [2.75, 3.05) is 39.8 Å². The van der Waals surface area contributed by atoms with Gasteiger partial charge >= 0.3 is 0 Å². The third-order valence-electron chi connectivity index (χ3n) is 2.24. The van der Waals surface area contributed by atoms with E-state index in [2.05, 4.69) is 27.3 Å². The van der Waals surface area contributed by atoms with Crippen LogP contribution >= 0.6 is 0 Å². The maximum atomic E-state index is 5.39. The van der Waals surface area contributed by atoms with Crippen LogP contribution in [0.3, 0.4) is 0 Å². The average molecular weight is 185 g/mol. The molecule has 13 heavy (non-hydrogen) atoms. The van der Waals surface area contributed by atoms with E-state index in [4.69, 9.17) is 5.84 Å². The molecular weight excluding hydrogens is 166 g/mol. The molecule has 1 saturated heterocycles. The predicted molar refractivity (Wildman–Crippen MR) is 54.4 cm³/mol. The summed E-state index contributed by atoms with van der Waals surface area (Å²) in [6.07, 6.45) is 0. The number of piperazine rings is 1. The lowest BCUT2D eigenvalue weighted by Gasteiger charge is -2.33. The van der Waals surface area contributed by atoms with Crippen molar-refractivity contribution >= 4 is 5.96 Å². The van der Waals surface area contributed by atoms with Crippen LogP contribution in [0.5, 0.6) is 0 Å². The lowest BCUT2D eigenvalue weighted by Crippen LogP contribution is -2.53. The van der Waals surface area contributed by atoms with Crippen LogP contribution < -0.4 is 11.3 Å². The minimum atomic E-state index is 0.770. The Morgan fingerprint density at radius 3 is 2.46 bits per heavy atom. The SMILES string of the molecule is CCN=C(NN)N1CCN(C)CC1. The number of hydrogen-bond donors (Lipinski definition) is 2. The van der Waals surface area contributed by atoms with Gasteiger partial charge in [0, 0.05) is 32.7 Å². The van der Waals surface area contributed by atoms with E-state index in [1.54, 1.807) is 0 Å². The highest BCUT2D eigenvalue weighted by molar-refractivity contribution is 5.79. The number of likely N-dealkylation sites (N-methyl/N-ethyl adjacent to an activating group) is 1. The molecule has 0 aromatic rings. The fourth-order valence-electron chi connectivity index (χ4n) is 1.40. The summed E-state index contributed by atoms with van der Waals surface area (Å²) in [5, 5.41) is 0. The molecule has 0 saturated carbocycles. The zero-order valence-electron chi connectivity index (χ0n) is 8.45. The van der Waals surface area contributed by atoms with Gasteiger partial charge in [-0.1, -0.05) is 0 Å². The summed E-state index contributed by atoms with van der Waals surface area (Å²) >= 11 is 0. The van der Waals surface area contributed by atoms with Crippen molar-refractivity contribution in [2.24, 2.45) is 10.8 Å². The third kappa shape index (κ3) is 2.86. The predicted octanol–water partition coefficient (Wildman–Crippen LogP) is -0.927. The summed E-state index contributed by atoms with van der Waals surface area (Å²) in [4.78, 5) is 8.77. The monoisotopic (exact) mass is 185 g/mol. The van der Waals surface area contributed by atoms with Crippen molar-refractivity contribution in [3.63, 3.8) is 0 Å². The lowest BCUT2D eigenvalue weighted by molar-refractivity contribution is 0.211. The fourth-order valence-corrected chi connectivity index (χ4v) is 1.40. The molecule has 1 aliphatic heterocycles. The number of guanidine groups is 1. The van der Waals surface area contributed by atoms with Crippen LogP contribution in [0.15, 0.2) is 4.99 Å². The number of rotatable bonds is 1. The van der Waals surface area contributed by atoms with Gasteiger partial charge < -0.3 is 9.80 Å². The van der Waals surface area contributed by atoms with Crippen LogP contribution in [-0.2, 0) is 0 Å². The minimum absolute atomic E-state index is 0.770. The van der Waals surface area contributed by atoms with E-state index in [9.17, 15) is 0 Å². The molecule has 5 nitrogen and oxygen atoms in total. The molecule has 1 aliphatic rings. The summed E-state index contributed by atoms with van der Waals surface area (Å²) in [6, 6.07) is 0. The second-order valence-electron chi connectivity index (χ2n) is 3.23. The Hall–Kier alpha value is -0.810. The van der Waals surface area contributed by atoms with Crippen LogP contribution in [0.25, 0.3) is 0 Å². The molecule has 0 spiro atoms. The van der Waals surface area contributed by atoms with Crippen molar-refractivity contribution in [3.05, 3.63) is 0 Å². The van der Waals surface area contributed by atoms with Crippen molar-refractivity contribution in [1.82, 2.24) is 15.2 Å². The normalized spacial score (nSPS) is 20.5. The lowest BCUT2D eigenvalue weighted by atomic mass is 10.3. The van der Waals surface area contributed by atoms with E-state index in [1.807, 2.05) is 6.92 Å². The molecule has 0 radical (unpaired) electrons. The Kier molecular flexibility index (Phi) is 3.98. The van der Waals surface area contributed by atoms with E-state index in [0.717, 1.165) is 38.7 Å². The smallest absolute Gasteiger partial charge is 0.208 e. The van der Waals surface area contributed by atoms with E-state index >= 15 is 0 Å². The fraction of sp³-hybridized carbons (Fsp3) is 0.875. The first kappa shape index (κ1) is 10.3. The van der Waals surface area contributed by atoms with Gasteiger partial charge in [-0.3, -0.25) is 10.4 Å². The highest BCUT2D eigenvalue weighted by Gasteiger charge is 2.15. The van der Waals surface area contributed by atoms with E-state index in [0.29, 0.717) is 0 Å². The van der Waals surface area contributed by atoms with Crippen molar-refractivity contribution in [3.8, 4) is 0 Å². The van der Waals surface area contributed by atoms with Gasteiger partial charge in [-0.05, 0) is 14.0 Å².